The van der Waals surface area contributed by atoms with Crippen LogP contribution >= 0.6 is 11.8 Å². The lowest BCUT2D eigenvalue weighted by atomic mass is 9.93. The largest absolute Gasteiger partial charge is 0.381 e. The molecule has 0 aliphatic heterocycles. The number of aromatic nitrogens is 1. The van der Waals surface area contributed by atoms with Gasteiger partial charge in [-0.3, -0.25) is 0 Å². The van der Waals surface area contributed by atoms with Gasteiger partial charge in [0.1, 0.15) is 0 Å². The van der Waals surface area contributed by atoms with E-state index in [4.69, 9.17) is 0 Å². The molecule has 2 rings (SSSR count). The molecular formula is C10H14N2S. The van der Waals surface area contributed by atoms with Gasteiger partial charge in [-0.1, -0.05) is 0 Å². The van der Waals surface area contributed by atoms with Gasteiger partial charge in [0.2, 0.25) is 0 Å². The molecule has 2 nitrogen and oxygen atoms in total. The third-order valence-electron chi connectivity index (χ3n) is 2.42. The molecule has 0 amide bonds. The summed E-state index contributed by atoms with van der Waals surface area (Å²) in [5.41, 5.74) is 1.16. The van der Waals surface area contributed by atoms with E-state index in [1.54, 1.807) is 11.8 Å². The number of thioether (sulfide) groups is 1. The molecular weight excluding hydrogens is 180 g/mol. The molecule has 0 saturated heterocycles. The summed E-state index contributed by atoms with van der Waals surface area (Å²) in [5, 5.41) is 4.54. The van der Waals surface area contributed by atoms with Gasteiger partial charge in [0.05, 0.1) is 16.9 Å². The molecule has 1 aliphatic carbocycles. The number of hydrogen-bond acceptors (Lipinski definition) is 3. The quantitative estimate of drug-likeness (QED) is 0.749. The van der Waals surface area contributed by atoms with Crippen LogP contribution in [0.3, 0.4) is 0 Å². The molecule has 0 spiro atoms. The van der Waals surface area contributed by atoms with Gasteiger partial charge >= 0.3 is 0 Å². The Hall–Kier alpha value is -0.700. The number of nitrogens with zero attached hydrogens (tertiary/aromatic N) is 1. The summed E-state index contributed by atoms with van der Waals surface area (Å²) >= 11 is 1.68. The zero-order valence-corrected chi connectivity index (χ0v) is 8.60. The third kappa shape index (κ3) is 2.15. The summed E-state index contributed by atoms with van der Waals surface area (Å²) in [6.45, 7) is 0. The molecule has 0 radical (unpaired) electrons. The fraction of sp³-hybridized carbons (Fsp3) is 0.500. The molecule has 1 aliphatic rings. The average molecular weight is 194 g/mol. The van der Waals surface area contributed by atoms with Crippen LogP contribution < -0.4 is 5.32 Å². The Bertz CT molecular complexity index is 267. The van der Waals surface area contributed by atoms with Crippen LogP contribution in [0.2, 0.25) is 0 Å². The minimum atomic E-state index is 0.696. The average Bonchev–Trinajstić information content (AvgIpc) is 2.12. The molecule has 13 heavy (non-hydrogen) atoms. The summed E-state index contributed by atoms with van der Waals surface area (Å²) in [5.74, 6) is 0. The van der Waals surface area contributed by atoms with Gasteiger partial charge < -0.3 is 5.32 Å². The van der Waals surface area contributed by atoms with E-state index in [2.05, 4.69) is 22.4 Å². The minimum Gasteiger partial charge on any atom is -0.381 e. The maximum atomic E-state index is 4.31. The minimum absolute atomic E-state index is 0.696. The maximum Gasteiger partial charge on any atom is 0.0958 e. The maximum absolute atomic E-state index is 4.31. The van der Waals surface area contributed by atoms with Gasteiger partial charge in [-0.05, 0) is 37.7 Å². The zero-order chi connectivity index (χ0) is 9.10. The smallest absolute Gasteiger partial charge is 0.0958 e. The van der Waals surface area contributed by atoms with Crippen molar-refractivity contribution in [2.45, 2.75) is 30.3 Å². The molecule has 1 fully saturated rings. The number of rotatable bonds is 3. The van der Waals surface area contributed by atoms with Crippen molar-refractivity contribution >= 4 is 17.4 Å². The molecule has 1 aromatic rings. The van der Waals surface area contributed by atoms with Crippen molar-refractivity contribution in [2.75, 3.05) is 11.6 Å². The van der Waals surface area contributed by atoms with E-state index < -0.39 is 0 Å². The fourth-order valence-corrected chi connectivity index (χ4v) is 1.74. The lowest BCUT2D eigenvalue weighted by Crippen LogP contribution is -2.26. The molecule has 1 heterocycles. The first-order valence-corrected chi connectivity index (χ1v) is 5.87. The van der Waals surface area contributed by atoms with E-state index in [9.17, 15) is 0 Å². The van der Waals surface area contributed by atoms with Crippen molar-refractivity contribution in [3.8, 4) is 0 Å². The number of hydrogen-bond donors (Lipinski definition) is 1. The molecule has 70 valence electrons. The Balaban J connectivity index is 1.96. The number of anilines is 1. The lowest BCUT2D eigenvalue weighted by Gasteiger charge is -2.27. The SMILES string of the molecule is CSc1ccc(NC2CCC2)cn1. The first kappa shape index (κ1) is 8.88. The third-order valence-corrected chi connectivity index (χ3v) is 3.08. The summed E-state index contributed by atoms with van der Waals surface area (Å²) in [6.07, 6.45) is 7.95. The molecule has 0 aromatic carbocycles. The van der Waals surface area contributed by atoms with Crippen LogP contribution in [-0.2, 0) is 0 Å². The predicted octanol–water partition coefficient (Wildman–Crippen LogP) is 2.77. The van der Waals surface area contributed by atoms with Crippen LogP contribution in [0.4, 0.5) is 5.69 Å². The summed E-state index contributed by atoms with van der Waals surface area (Å²) in [7, 11) is 0. The van der Waals surface area contributed by atoms with Gasteiger partial charge in [-0.25, -0.2) is 4.98 Å². The van der Waals surface area contributed by atoms with Crippen LogP contribution in [-0.4, -0.2) is 17.3 Å². The van der Waals surface area contributed by atoms with Gasteiger partial charge in [0.25, 0.3) is 0 Å². The summed E-state index contributed by atoms with van der Waals surface area (Å²) in [6, 6.07) is 4.87. The van der Waals surface area contributed by atoms with E-state index >= 15 is 0 Å². The fourth-order valence-electron chi connectivity index (χ4n) is 1.37. The standard InChI is InChI=1S/C10H14N2S/c1-13-10-6-5-9(7-11-10)12-8-3-2-4-8/h5-8,12H,2-4H2,1H3. The van der Waals surface area contributed by atoms with Gasteiger partial charge in [0, 0.05) is 6.04 Å². The van der Waals surface area contributed by atoms with E-state index in [0.29, 0.717) is 6.04 Å². The molecule has 0 bridgehead atoms. The van der Waals surface area contributed by atoms with E-state index in [1.165, 1.54) is 19.3 Å². The molecule has 1 saturated carbocycles. The van der Waals surface area contributed by atoms with Crippen molar-refractivity contribution in [3.63, 3.8) is 0 Å². The van der Waals surface area contributed by atoms with Crippen molar-refractivity contribution in [1.82, 2.24) is 4.98 Å². The number of pyridine rings is 1. The molecule has 1 aromatic heterocycles. The highest BCUT2D eigenvalue weighted by Crippen LogP contribution is 2.23. The highest BCUT2D eigenvalue weighted by molar-refractivity contribution is 7.98. The van der Waals surface area contributed by atoms with Gasteiger partial charge in [0.15, 0.2) is 0 Å². The van der Waals surface area contributed by atoms with Gasteiger partial charge in [-0.15, -0.1) is 11.8 Å². The topological polar surface area (TPSA) is 24.9 Å². The normalized spacial score (nSPS) is 16.7. The van der Waals surface area contributed by atoms with Crippen LogP contribution in [0.25, 0.3) is 0 Å². The Morgan fingerprint density at radius 2 is 2.31 bits per heavy atom. The Labute approximate surface area is 83.1 Å². The van der Waals surface area contributed by atoms with E-state index in [0.717, 1.165) is 10.7 Å². The highest BCUT2D eigenvalue weighted by atomic mass is 32.2. The van der Waals surface area contributed by atoms with Crippen molar-refractivity contribution in [3.05, 3.63) is 18.3 Å². The van der Waals surface area contributed by atoms with Crippen LogP contribution in [0.1, 0.15) is 19.3 Å². The predicted molar refractivity (Wildman–Crippen MR) is 57.3 cm³/mol. The second kappa shape index (κ2) is 4.01. The molecule has 3 heteroatoms. The first-order valence-electron chi connectivity index (χ1n) is 4.65. The van der Waals surface area contributed by atoms with Crippen LogP contribution in [0.5, 0.6) is 0 Å². The summed E-state index contributed by atoms with van der Waals surface area (Å²) < 4.78 is 0. The van der Waals surface area contributed by atoms with Crippen molar-refractivity contribution in [1.29, 1.82) is 0 Å². The Morgan fingerprint density at radius 1 is 1.46 bits per heavy atom. The van der Waals surface area contributed by atoms with E-state index in [-0.39, 0.29) is 0 Å². The lowest BCUT2D eigenvalue weighted by molar-refractivity contribution is 0.445. The van der Waals surface area contributed by atoms with Crippen LogP contribution in [0.15, 0.2) is 23.4 Å². The second-order valence-electron chi connectivity index (χ2n) is 3.36. The first-order chi connectivity index (χ1) is 6.38. The second-order valence-corrected chi connectivity index (χ2v) is 4.19. The molecule has 1 N–H and O–H groups in total. The van der Waals surface area contributed by atoms with Crippen molar-refractivity contribution < 1.29 is 0 Å². The monoisotopic (exact) mass is 194 g/mol. The Kier molecular flexibility index (Phi) is 2.74. The number of nitrogens with one attached hydrogen (secondary N) is 1. The van der Waals surface area contributed by atoms with Gasteiger partial charge in [-0.2, -0.15) is 0 Å². The zero-order valence-electron chi connectivity index (χ0n) is 7.79. The van der Waals surface area contributed by atoms with E-state index in [1.807, 2.05) is 12.5 Å². The highest BCUT2D eigenvalue weighted by Gasteiger charge is 2.16. The summed E-state index contributed by atoms with van der Waals surface area (Å²) in [4.78, 5) is 4.31. The molecule has 0 unspecified atom stereocenters. The van der Waals surface area contributed by atoms with Crippen molar-refractivity contribution in [2.24, 2.45) is 0 Å². The molecule has 0 atom stereocenters. The van der Waals surface area contributed by atoms with Crippen LogP contribution in [0, 0.1) is 0 Å². The Morgan fingerprint density at radius 3 is 2.77 bits per heavy atom.